The first-order valence-electron chi connectivity index (χ1n) is 9.21. The molecule has 0 amide bonds. The zero-order chi connectivity index (χ0) is 20.8. The largest absolute Gasteiger partial charge is 0.497 e. The van der Waals surface area contributed by atoms with Gasteiger partial charge in [-0.2, -0.15) is 5.10 Å². The van der Waals surface area contributed by atoms with Crippen LogP contribution in [0.25, 0.3) is 11.8 Å². The quantitative estimate of drug-likeness (QED) is 0.444. The minimum atomic E-state index is -0.443. The monoisotopic (exact) mass is 392 g/mol. The molecule has 0 unspecified atom stereocenters. The van der Waals surface area contributed by atoms with E-state index in [-0.39, 0.29) is 6.61 Å². The van der Waals surface area contributed by atoms with E-state index in [9.17, 15) is 4.79 Å². The third-order valence-corrected chi connectivity index (χ3v) is 4.59. The summed E-state index contributed by atoms with van der Waals surface area (Å²) in [6.07, 6.45) is 3.15. The van der Waals surface area contributed by atoms with E-state index in [0.29, 0.717) is 11.5 Å². The van der Waals surface area contributed by atoms with E-state index < -0.39 is 5.97 Å². The van der Waals surface area contributed by atoms with E-state index in [2.05, 4.69) is 5.10 Å². The summed E-state index contributed by atoms with van der Waals surface area (Å²) in [5, 5.41) is 4.58. The molecule has 0 aliphatic carbocycles. The van der Waals surface area contributed by atoms with E-state index in [4.69, 9.17) is 14.2 Å². The highest BCUT2D eigenvalue weighted by atomic mass is 16.5. The number of aryl methyl sites for hydroxylation is 1. The first-order valence-corrected chi connectivity index (χ1v) is 9.21. The fourth-order valence-electron chi connectivity index (χ4n) is 3.06. The van der Waals surface area contributed by atoms with Crippen molar-refractivity contribution in [3.8, 4) is 17.2 Å². The second kappa shape index (κ2) is 9.10. The number of aromatic nitrogens is 2. The molecule has 3 aromatic rings. The molecule has 0 aliphatic heterocycles. The Morgan fingerprint density at radius 2 is 1.83 bits per heavy atom. The number of hydrogen-bond donors (Lipinski definition) is 0. The summed E-state index contributed by atoms with van der Waals surface area (Å²) < 4.78 is 17.8. The summed E-state index contributed by atoms with van der Waals surface area (Å²) in [4.78, 5) is 12.2. The fourth-order valence-corrected chi connectivity index (χ4v) is 3.06. The maximum Gasteiger partial charge on any atom is 0.331 e. The normalized spacial score (nSPS) is 10.9. The van der Waals surface area contributed by atoms with Crippen LogP contribution in [0.15, 0.2) is 54.6 Å². The van der Waals surface area contributed by atoms with Crippen molar-refractivity contribution in [2.45, 2.75) is 20.5 Å². The van der Waals surface area contributed by atoms with Gasteiger partial charge < -0.3 is 14.2 Å². The maximum atomic E-state index is 12.2. The molecule has 0 fully saturated rings. The molecule has 6 nitrogen and oxygen atoms in total. The molecule has 0 bridgehead atoms. The lowest BCUT2D eigenvalue weighted by Gasteiger charge is -2.10. The number of para-hydroxylation sites is 1. The van der Waals surface area contributed by atoms with Crippen molar-refractivity contribution in [3.05, 3.63) is 77.1 Å². The lowest BCUT2D eigenvalue weighted by Crippen LogP contribution is -2.03. The molecular weight excluding hydrogens is 368 g/mol. The molecule has 3 rings (SSSR count). The molecule has 0 aliphatic rings. The number of carbonyl (C=O) groups excluding carboxylic acids is 1. The van der Waals surface area contributed by atoms with Crippen molar-refractivity contribution in [1.29, 1.82) is 0 Å². The van der Waals surface area contributed by atoms with E-state index in [1.807, 2.05) is 48.9 Å². The van der Waals surface area contributed by atoms with Gasteiger partial charge in [0.1, 0.15) is 18.1 Å². The van der Waals surface area contributed by atoms with Gasteiger partial charge in [-0.25, -0.2) is 9.48 Å². The highest BCUT2D eigenvalue weighted by Gasteiger charge is 2.12. The van der Waals surface area contributed by atoms with E-state index >= 15 is 0 Å². The molecule has 0 atom stereocenters. The number of carbonyl (C=O) groups is 1. The van der Waals surface area contributed by atoms with Crippen molar-refractivity contribution in [2.24, 2.45) is 0 Å². The van der Waals surface area contributed by atoms with Crippen molar-refractivity contribution in [3.63, 3.8) is 0 Å². The Morgan fingerprint density at radius 1 is 1.07 bits per heavy atom. The zero-order valence-electron chi connectivity index (χ0n) is 17.0. The molecule has 29 heavy (non-hydrogen) atoms. The number of esters is 1. The van der Waals surface area contributed by atoms with Crippen molar-refractivity contribution in [2.75, 3.05) is 14.2 Å². The van der Waals surface area contributed by atoms with Crippen LogP contribution in [0.2, 0.25) is 0 Å². The van der Waals surface area contributed by atoms with Gasteiger partial charge in [-0.3, -0.25) is 0 Å². The van der Waals surface area contributed by atoms with E-state index in [1.54, 1.807) is 38.5 Å². The van der Waals surface area contributed by atoms with E-state index in [0.717, 1.165) is 28.2 Å². The maximum absolute atomic E-state index is 12.2. The van der Waals surface area contributed by atoms with Gasteiger partial charge in [0.2, 0.25) is 0 Å². The molecule has 1 aromatic heterocycles. The van der Waals surface area contributed by atoms with Gasteiger partial charge >= 0.3 is 5.97 Å². The van der Waals surface area contributed by atoms with Crippen LogP contribution in [0.1, 0.15) is 22.5 Å². The first-order chi connectivity index (χ1) is 14.0. The molecule has 6 heteroatoms. The van der Waals surface area contributed by atoms with Crippen LogP contribution in [-0.4, -0.2) is 30.0 Å². The number of hydrogen-bond acceptors (Lipinski definition) is 5. The Balaban J connectivity index is 1.71. The van der Waals surface area contributed by atoms with Crippen molar-refractivity contribution >= 4 is 12.0 Å². The molecule has 0 saturated carbocycles. The number of nitrogens with zero attached hydrogens (tertiary/aromatic N) is 2. The minimum Gasteiger partial charge on any atom is -0.497 e. The van der Waals surface area contributed by atoms with Crippen LogP contribution in [0.5, 0.6) is 11.5 Å². The molecule has 150 valence electrons. The van der Waals surface area contributed by atoms with Gasteiger partial charge in [0.05, 0.1) is 25.6 Å². The molecule has 0 radical (unpaired) electrons. The van der Waals surface area contributed by atoms with Crippen LogP contribution in [-0.2, 0) is 16.1 Å². The molecule has 2 aromatic carbocycles. The summed E-state index contributed by atoms with van der Waals surface area (Å²) in [7, 11) is 3.16. The first kappa shape index (κ1) is 20.2. The van der Waals surface area contributed by atoms with Gasteiger partial charge in [0, 0.05) is 22.9 Å². The topological polar surface area (TPSA) is 62.6 Å². The predicted octanol–water partition coefficient (Wildman–Crippen LogP) is 4.26. The third-order valence-electron chi connectivity index (χ3n) is 4.59. The lowest BCUT2D eigenvalue weighted by molar-refractivity contribution is -0.138. The van der Waals surface area contributed by atoms with Crippen LogP contribution >= 0.6 is 0 Å². The summed E-state index contributed by atoms with van der Waals surface area (Å²) in [6, 6.07) is 15.2. The number of rotatable bonds is 7. The third kappa shape index (κ3) is 4.66. The smallest absolute Gasteiger partial charge is 0.331 e. The van der Waals surface area contributed by atoms with Crippen molar-refractivity contribution in [1.82, 2.24) is 9.78 Å². The van der Waals surface area contributed by atoms with Crippen LogP contribution < -0.4 is 9.47 Å². The Bertz CT molecular complexity index is 1020. The second-order valence-corrected chi connectivity index (χ2v) is 6.45. The Labute approximate surface area is 170 Å². The predicted molar refractivity (Wildman–Crippen MR) is 111 cm³/mol. The lowest BCUT2D eigenvalue weighted by atomic mass is 10.2. The van der Waals surface area contributed by atoms with E-state index in [1.165, 1.54) is 6.08 Å². The van der Waals surface area contributed by atoms with Crippen LogP contribution in [0.3, 0.4) is 0 Å². The Kier molecular flexibility index (Phi) is 6.34. The molecular formula is C23H24N2O4. The Morgan fingerprint density at radius 3 is 2.52 bits per heavy atom. The average Bonchev–Trinajstić information content (AvgIpc) is 3.04. The molecule has 0 spiro atoms. The van der Waals surface area contributed by atoms with Gasteiger partial charge in [-0.15, -0.1) is 0 Å². The molecule has 0 saturated heterocycles. The number of benzene rings is 2. The summed E-state index contributed by atoms with van der Waals surface area (Å²) in [5.74, 6) is 0.867. The summed E-state index contributed by atoms with van der Waals surface area (Å²) in [6.45, 7) is 3.97. The minimum absolute atomic E-state index is 0.0881. The summed E-state index contributed by atoms with van der Waals surface area (Å²) >= 11 is 0. The van der Waals surface area contributed by atoms with Crippen LogP contribution in [0.4, 0.5) is 0 Å². The summed E-state index contributed by atoms with van der Waals surface area (Å²) in [5.41, 5.74) is 4.39. The highest BCUT2D eigenvalue weighted by Crippen LogP contribution is 2.25. The second-order valence-electron chi connectivity index (χ2n) is 6.45. The molecule has 0 N–H and O–H groups in total. The average molecular weight is 392 g/mol. The van der Waals surface area contributed by atoms with Gasteiger partial charge in [-0.05, 0) is 50.3 Å². The fraction of sp³-hybridized carbons (Fsp3) is 0.217. The number of ether oxygens (including phenoxy) is 3. The van der Waals surface area contributed by atoms with Crippen LogP contribution in [0, 0.1) is 13.8 Å². The zero-order valence-corrected chi connectivity index (χ0v) is 17.0. The van der Waals surface area contributed by atoms with Gasteiger partial charge in [-0.1, -0.05) is 18.2 Å². The van der Waals surface area contributed by atoms with Gasteiger partial charge in [0.25, 0.3) is 0 Å². The molecule has 1 heterocycles. The standard InChI is InChI=1S/C23H24N2O4/c1-16-21(17(2)25(24-16)19-8-6-5-7-9-19)11-13-23(26)29-15-18-14-20(27-3)10-12-22(18)28-4/h5-14H,15H2,1-4H3/b13-11+. The Hall–Kier alpha value is -3.54. The van der Waals surface area contributed by atoms with Gasteiger partial charge in [0.15, 0.2) is 0 Å². The van der Waals surface area contributed by atoms with Crippen molar-refractivity contribution < 1.29 is 19.0 Å². The number of methoxy groups -OCH3 is 2. The SMILES string of the molecule is COc1ccc(OC)c(COC(=O)/C=C/c2c(C)nn(-c3ccccc3)c2C)c1. The highest BCUT2D eigenvalue weighted by molar-refractivity contribution is 5.87.